The molecule has 1 rings (SSSR count). The van der Waals surface area contributed by atoms with Crippen LogP contribution < -0.4 is 11.3 Å². The Morgan fingerprint density at radius 1 is 1.09 bits per heavy atom. The molecule has 0 aliphatic heterocycles. The van der Waals surface area contributed by atoms with Crippen molar-refractivity contribution in [2.45, 2.75) is 6.42 Å². The van der Waals surface area contributed by atoms with Gasteiger partial charge in [-0.2, -0.15) is 0 Å². The second kappa shape index (κ2) is 4.52. The zero-order valence-corrected chi connectivity index (χ0v) is 6.33. The summed E-state index contributed by atoms with van der Waals surface area (Å²) in [4.78, 5) is 0. The molecule has 1 aliphatic rings. The van der Waals surface area contributed by atoms with Crippen molar-refractivity contribution < 1.29 is 0 Å². The number of rotatable bonds is 1. The molecular formula is C9H12N2. The number of allylic oxidation sites excluding steroid dienone is 7. The van der Waals surface area contributed by atoms with Crippen LogP contribution in [0, 0.1) is 0 Å². The molecular weight excluding hydrogens is 136 g/mol. The van der Waals surface area contributed by atoms with Gasteiger partial charge in [-0.3, -0.25) is 5.84 Å². The number of nitrogens with two attached hydrogens (primary N) is 1. The number of nitrogens with one attached hydrogen (secondary N) is 1. The first-order valence-electron chi connectivity index (χ1n) is 3.59. The summed E-state index contributed by atoms with van der Waals surface area (Å²) < 4.78 is 0. The largest absolute Gasteiger partial charge is 0.328 e. The van der Waals surface area contributed by atoms with Crippen LogP contribution in [0.2, 0.25) is 0 Å². The second-order valence-corrected chi connectivity index (χ2v) is 2.24. The van der Waals surface area contributed by atoms with Gasteiger partial charge in [-0.1, -0.05) is 36.5 Å². The first-order valence-corrected chi connectivity index (χ1v) is 3.59. The standard InChI is InChI=1S/C9H12N2/c10-11-9-7-5-3-1-2-4-6-8-9/h1-7,11H,8,10H2/b2-1-,5-3-,6-4-,9-7+. The zero-order chi connectivity index (χ0) is 7.94. The van der Waals surface area contributed by atoms with Crippen molar-refractivity contribution in [1.82, 2.24) is 5.43 Å². The van der Waals surface area contributed by atoms with Gasteiger partial charge in [0.25, 0.3) is 0 Å². The van der Waals surface area contributed by atoms with E-state index in [2.05, 4.69) is 11.5 Å². The molecule has 0 saturated heterocycles. The first-order chi connectivity index (χ1) is 5.43. The number of hydrazine groups is 1. The van der Waals surface area contributed by atoms with E-state index in [1.807, 2.05) is 36.5 Å². The van der Waals surface area contributed by atoms with Gasteiger partial charge in [-0.15, -0.1) is 0 Å². The Morgan fingerprint density at radius 2 is 1.82 bits per heavy atom. The third kappa shape index (κ3) is 2.87. The van der Waals surface area contributed by atoms with Gasteiger partial charge in [0.15, 0.2) is 0 Å². The van der Waals surface area contributed by atoms with E-state index in [0.717, 1.165) is 12.1 Å². The average Bonchev–Trinajstić information content (AvgIpc) is 2.16. The minimum absolute atomic E-state index is 0.852. The Labute approximate surface area is 66.8 Å². The quantitative estimate of drug-likeness (QED) is 0.436. The molecule has 0 spiro atoms. The van der Waals surface area contributed by atoms with Crippen LogP contribution in [-0.4, -0.2) is 0 Å². The van der Waals surface area contributed by atoms with Gasteiger partial charge in [0.1, 0.15) is 0 Å². The lowest BCUT2D eigenvalue weighted by atomic mass is 10.3. The SMILES string of the molecule is NN/C1=C/C=C\C=C/C=C\C1. The lowest BCUT2D eigenvalue weighted by molar-refractivity contribution is 0.853. The van der Waals surface area contributed by atoms with Crippen molar-refractivity contribution >= 4 is 0 Å². The summed E-state index contributed by atoms with van der Waals surface area (Å²) in [5, 5.41) is 0. The molecule has 0 atom stereocenters. The lowest BCUT2D eigenvalue weighted by Gasteiger charge is -1.99. The minimum Gasteiger partial charge on any atom is -0.328 e. The van der Waals surface area contributed by atoms with Crippen molar-refractivity contribution in [2.75, 3.05) is 0 Å². The van der Waals surface area contributed by atoms with Crippen LogP contribution in [0.25, 0.3) is 0 Å². The smallest absolute Gasteiger partial charge is 0.0297 e. The molecule has 3 N–H and O–H groups in total. The first kappa shape index (κ1) is 7.82. The molecule has 0 saturated carbocycles. The molecule has 11 heavy (non-hydrogen) atoms. The summed E-state index contributed by atoms with van der Waals surface area (Å²) >= 11 is 0. The van der Waals surface area contributed by atoms with Crippen LogP contribution in [0.5, 0.6) is 0 Å². The molecule has 0 heterocycles. The molecule has 0 radical (unpaired) electrons. The maximum atomic E-state index is 5.27. The molecule has 0 aromatic heterocycles. The van der Waals surface area contributed by atoms with Crippen molar-refractivity contribution in [1.29, 1.82) is 0 Å². The van der Waals surface area contributed by atoms with E-state index < -0.39 is 0 Å². The summed E-state index contributed by atoms with van der Waals surface area (Å²) in [6, 6.07) is 0. The van der Waals surface area contributed by atoms with Gasteiger partial charge in [0, 0.05) is 12.1 Å². The second-order valence-electron chi connectivity index (χ2n) is 2.24. The van der Waals surface area contributed by atoms with Crippen molar-refractivity contribution in [3.8, 4) is 0 Å². The van der Waals surface area contributed by atoms with Gasteiger partial charge in [0.05, 0.1) is 0 Å². The summed E-state index contributed by atoms with van der Waals surface area (Å²) in [6.07, 6.45) is 14.8. The monoisotopic (exact) mass is 148 g/mol. The van der Waals surface area contributed by atoms with Gasteiger partial charge < -0.3 is 5.43 Å². The fraction of sp³-hybridized carbons (Fsp3) is 0.111. The summed E-state index contributed by atoms with van der Waals surface area (Å²) in [7, 11) is 0. The minimum atomic E-state index is 0.852. The molecule has 0 fully saturated rings. The molecule has 1 aliphatic carbocycles. The van der Waals surface area contributed by atoms with Gasteiger partial charge >= 0.3 is 0 Å². The Balaban J connectivity index is 2.69. The van der Waals surface area contributed by atoms with E-state index in [1.165, 1.54) is 0 Å². The fourth-order valence-electron chi connectivity index (χ4n) is 0.813. The van der Waals surface area contributed by atoms with E-state index in [0.29, 0.717) is 0 Å². The third-order valence-electron chi connectivity index (χ3n) is 1.40. The van der Waals surface area contributed by atoms with E-state index in [-0.39, 0.29) is 0 Å². The zero-order valence-electron chi connectivity index (χ0n) is 6.33. The highest BCUT2D eigenvalue weighted by Crippen LogP contribution is 1.99. The van der Waals surface area contributed by atoms with Crippen molar-refractivity contribution in [3.63, 3.8) is 0 Å². The summed E-state index contributed by atoms with van der Waals surface area (Å²) in [5.74, 6) is 5.27. The fourth-order valence-corrected chi connectivity index (χ4v) is 0.813. The maximum absolute atomic E-state index is 5.27. The van der Waals surface area contributed by atoms with Crippen LogP contribution in [-0.2, 0) is 0 Å². The molecule has 58 valence electrons. The third-order valence-corrected chi connectivity index (χ3v) is 1.40. The van der Waals surface area contributed by atoms with Gasteiger partial charge in [-0.05, 0) is 6.08 Å². The highest BCUT2D eigenvalue weighted by molar-refractivity contribution is 5.22. The molecule has 0 amide bonds. The van der Waals surface area contributed by atoms with Crippen LogP contribution in [0.1, 0.15) is 6.42 Å². The van der Waals surface area contributed by atoms with Crippen molar-refractivity contribution in [2.24, 2.45) is 5.84 Å². The van der Waals surface area contributed by atoms with E-state index in [4.69, 9.17) is 5.84 Å². The van der Waals surface area contributed by atoms with E-state index in [1.54, 1.807) is 0 Å². The predicted octanol–water partition coefficient (Wildman–Crippen LogP) is 1.41. The Hall–Kier alpha value is -1.28. The number of hydrogen-bond donors (Lipinski definition) is 2. The van der Waals surface area contributed by atoms with Crippen LogP contribution in [0.3, 0.4) is 0 Å². The Morgan fingerprint density at radius 3 is 2.64 bits per heavy atom. The molecule has 2 heteroatoms. The van der Waals surface area contributed by atoms with Crippen LogP contribution in [0.15, 0.2) is 48.2 Å². The van der Waals surface area contributed by atoms with Gasteiger partial charge in [0.2, 0.25) is 0 Å². The summed E-state index contributed by atoms with van der Waals surface area (Å²) in [5.41, 5.74) is 3.65. The van der Waals surface area contributed by atoms with E-state index >= 15 is 0 Å². The highest BCUT2D eigenvalue weighted by Gasteiger charge is 1.87. The molecule has 0 bridgehead atoms. The molecule has 2 nitrogen and oxygen atoms in total. The Kier molecular flexibility index (Phi) is 3.22. The van der Waals surface area contributed by atoms with Crippen LogP contribution >= 0.6 is 0 Å². The molecule has 0 aromatic rings. The van der Waals surface area contributed by atoms with Crippen molar-refractivity contribution in [3.05, 3.63) is 48.2 Å². The maximum Gasteiger partial charge on any atom is 0.0297 e. The normalized spacial score (nSPS) is 30.1. The summed E-state index contributed by atoms with van der Waals surface area (Å²) in [6.45, 7) is 0. The predicted molar refractivity (Wildman–Crippen MR) is 47.4 cm³/mol. The molecule has 0 aromatic carbocycles. The average molecular weight is 148 g/mol. The van der Waals surface area contributed by atoms with Crippen LogP contribution in [0.4, 0.5) is 0 Å². The Bertz CT molecular complexity index is 222. The van der Waals surface area contributed by atoms with E-state index in [9.17, 15) is 0 Å². The highest BCUT2D eigenvalue weighted by atomic mass is 15.2. The topological polar surface area (TPSA) is 38.0 Å². The molecule has 0 unspecified atom stereocenters. The van der Waals surface area contributed by atoms with Gasteiger partial charge in [-0.25, -0.2) is 0 Å². The number of hydrogen-bond acceptors (Lipinski definition) is 2. The lowest BCUT2D eigenvalue weighted by Crippen LogP contribution is -2.20.